The highest BCUT2D eigenvalue weighted by atomic mass is 16.7. The summed E-state index contributed by atoms with van der Waals surface area (Å²) in [7, 11) is 1.41. The van der Waals surface area contributed by atoms with Gasteiger partial charge in [-0.2, -0.15) is 5.06 Å². The van der Waals surface area contributed by atoms with Crippen LogP contribution in [0, 0.1) is 0 Å². The minimum Gasteiger partial charge on any atom is -0.350 e. The maximum absolute atomic E-state index is 10.8. The van der Waals surface area contributed by atoms with Crippen LogP contribution < -0.4 is 5.73 Å². The van der Waals surface area contributed by atoms with Crippen LogP contribution in [0.2, 0.25) is 0 Å². The monoisotopic (exact) mass is 180 g/mol. The lowest BCUT2D eigenvalue weighted by molar-refractivity contribution is -0.0903. The van der Waals surface area contributed by atoms with Crippen LogP contribution in [0.3, 0.4) is 0 Å². The van der Waals surface area contributed by atoms with Crippen LogP contribution in [0.1, 0.15) is 5.56 Å². The van der Waals surface area contributed by atoms with Crippen molar-refractivity contribution in [3.05, 3.63) is 35.9 Å². The van der Waals surface area contributed by atoms with Crippen molar-refractivity contribution in [2.45, 2.75) is 6.54 Å². The Morgan fingerprint density at radius 3 is 2.54 bits per heavy atom. The summed E-state index contributed by atoms with van der Waals surface area (Å²) in [5.41, 5.74) is 6.03. The van der Waals surface area contributed by atoms with Crippen LogP contribution >= 0.6 is 0 Å². The fourth-order valence-corrected chi connectivity index (χ4v) is 0.982. The molecule has 0 heterocycles. The standard InChI is InChI=1S/C9H12N2O2/c1-13-11(9(10)12)7-8-5-3-2-4-6-8/h2-6H,7H2,1H3,(H2,10,12). The molecule has 0 aliphatic rings. The van der Waals surface area contributed by atoms with Crippen molar-refractivity contribution >= 4 is 6.03 Å². The summed E-state index contributed by atoms with van der Waals surface area (Å²) in [4.78, 5) is 15.5. The summed E-state index contributed by atoms with van der Waals surface area (Å²) in [6.07, 6.45) is 0. The van der Waals surface area contributed by atoms with E-state index in [0.717, 1.165) is 10.6 Å². The molecule has 0 aliphatic heterocycles. The average Bonchev–Trinajstić information content (AvgIpc) is 2.15. The minimum absolute atomic E-state index is 0.368. The third-order valence-electron chi connectivity index (χ3n) is 1.64. The smallest absolute Gasteiger partial charge is 0.339 e. The van der Waals surface area contributed by atoms with Gasteiger partial charge in [-0.3, -0.25) is 4.84 Å². The molecule has 1 aromatic carbocycles. The Balaban J connectivity index is 2.62. The Morgan fingerprint density at radius 1 is 1.46 bits per heavy atom. The lowest BCUT2D eigenvalue weighted by atomic mass is 10.2. The van der Waals surface area contributed by atoms with Crippen LogP contribution in [-0.4, -0.2) is 18.2 Å². The zero-order valence-electron chi connectivity index (χ0n) is 7.43. The number of hydrogen-bond acceptors (Lipinski definition) is 2. The van der Waals surface area contributed by atoms with Gasteiger partial charge in [0.1, 0.15) is 0 Å². The molecule has 0 bridgehead atoms. The summed E-state index contributed by atoms with van der Waals surface area (Å²) in [5, 5.41) is 1.09. The predicted molar refractivity (Wildman–Crippen MR) is 48.6 cm³/mol. The van der Waals surface area contributed by atoms with Crippen molar-refractivity contribution in [2.75, 3.05) is 7.11 Å². The van der Waals surface area contributed by atoms with Gasteiger partial charge in [-0.25, -0.2) is 4.79 Å². The highest BCUT2D eigenvalue weighted by Crippen LogP contribution is 2.03. The van der Waals surface area contributed by atoms with Gasteiger partial charge in [0.15, 0.2) is 0 Å². The Hall–Kier alpha value is -1.55. The number of amides is 2. The molecule has 0 atom stereocenters. The molecule has 4 nitrogen and oxygen atoms in total. The first-order valence-electron chi connectivity index (χ1n) is 3.89. The van der Waals surface area contributed by atoms with Gasteiger partial charge in [0, 0.05) is 0 Å². The zero-order chi connectivity index (χ0) is 9.68. The third kappa shape index (κ3) is 2.76. The number of nitrogens with zero attached hydrogens (tertiary/aromatic N) is 1. The van der Waals surface area contributed by atoms with E-state index in [9.17, 15) is 4.79 Å². The average molecular weight is 180 g/mol. The van der Waals surface area contributed by atoms with Crippen molar-refractivity contribution in [1.82, 2.24) is 5.06 Å². The van der Waals surface area contributed by atoms with Gasteiger partial charge in [-0.15, -0.1) is 0 Å². The van der Waals surface area contributed by atoms with Crippen molar-refractivity contribution in [2.24, 2.45) is 5.73 Å². The van der Waals surface area contributed by atoms with E-state index < -0.39 is 6.03 Å². The number of benzene rings is 1. The molecular weight excluding hydrogens is 168 g/mol. The molecule has 2 amide bonds. The van der Waals surface area contributed by atoms with Gasteiger partial charge in [-0.1, -0.05) is 30.3 Å². The molecule has 0 radical (unpaired) electrons. The minimum atomic E-state index is -0.591. The number of carbonyl (C=O) groups excluding carboxylic acids is 1. The predicted octanol–water partition coefficient (Wildman–Crippen LogP) is 1.13. The largest absolute Gasteiger partial charge is 0.350 e. The van der Waals surface area contributed by atoms with Crippen LogP contribution in [0.25, 0.3) is 0 Å². The third-order valence-corrected chi connectivity index (χ3v) is 1.64. The van der Waals surface area contributed by atoms with Crippen molar-refractivity contribution in [3.8, 4) is 0 Å². The quantitative estimate of drug-likeness (QED) is 0.709. The topological polar surface area (TPSA) is 55.6 Å². The van der Waals surface area contributed by atoms with E-state index >= 15 is 0 Å². The van der Waals surface area contributed by atoms with Crippen LogP contribution in [0.4, 0.5) is 4.79 Å². The Labute approximate surface area is 76.9 Å². The molecule has 0 fully saturated rings. The number of carbonyl (C=O) groups is 1. The van der Waals surface area contributed by atoms with Crippen molar-refractivity contribution in [1.29, 1.82) is 0 Å². The summed E-state index contributed by atoms with van der Waals surface area (Å²) >= 11 is 0. The first-order valence-corrected chi connectivity index (χ1v) is 3.89. The molecule has 70 valence electrons. The molecule has 2 N–H and O–H groups in total. The van der Waals surface area contributed by atoms with E-state index in [1.807, 2.05) is 30.3 Å². The fourth-order valence-electron chi connectivity index (χ4n) is 0.982. The first-order chi connectivity index (χ1) is 6.24. The molecule has 0 aromatic heterocycles. The summed E-state index contributed by atoms with van der Waals surface area (Å²) in [6.45, 7) is 0.368. The van der Waals surface area contributed by atoms with Gasteiger partial charge in [-0.05, 0) is 5.56 Å². The molecule has 1 aromatic rings. The maximum atomic E-state index is 10.8. The van der Waals surface area contributed by atoms with Gasteiger partial charge in [0.2, 0.25) is 0 Å². The first kappa shape index (κ1) is 9.54. The molecule has 13 heavy (non-hydrogen) atoms. The summed E-state index contributed by atoms with van der Waals surface area (Å²) < 4.78 is 0. The maximum Gasteiger partial charge on any atom is 0.339 e. The Bertz CT molecular complexity index is 274. The van der Waals surface area contributed by atoms with E-state index in [1.165, 1.54) is 7.11 Å². The molecule has 0 aliphatic carbocycles. The molecule has 0 saturated heterocycles. The SMILES string of the molecule is CON(Cc1ccccc1)C(N)=O. The molecule has 0 unspecified atom stereocenters. The van der Waals surface area contributed by atoms with E-state index in [-0.39, 0.29) is 0 Å². The number of rotatable bonds is 3. The number of hydroxylamine groups is 2. The molecule has 0 spiro atoms. The van der Waals surface area contributed by atoms with Crippen LogP contribution in [0.15, 0.2) is 30.3 Å². The lowest BCUT2D eigenvalue weighted by Crippen LogP contribution is -2.34. The van der Waals surface area contributed by atoms with Gasteiger partial charge in [0.05, 0.1) is 13.7 Å². The highest BCUT2D eigenvalue weighted by molar-refractivity contribution is 5.70. The number of nitrogens with two attached hydrogens (primary N) is 1. The number of primary amides is 1. The lowest BCUT2D eigenvalue weighted by Gasteiger charge is -2.16. The van der Waals surface area contributed by atoms with E-state index in [2.05, 4.69) is 0 Å². The van der Waals surface area contributed by atoms with E-state index in [1.54, 1.807) is 0 Å². The fraction of sp³-hybridized carbons (Fsp3) is 0.222. The molecule has 0 saturated carbocycles. The summed E-state index contributed by atoms with van der Waals surface area (Å²) in [6, 6.07) is 8.90. The molecule has 4 heteroatoms. The van der Waals surface area contributed by atoms with E-state index in [4.69, 9.17) is 10.6 Å². The summed E-state index contributed by atoms with van der Waals surface area (Å²) in [5.74, 6) is 0. The van der Waals surface area contributed by atoms with Crippen LogP contribution in [0.5, 0.6) is 0 Å². The second-order valence-corrected chi connectivity index (χ2v) is 2.54. The zero-order valence-corrected chi connectivity index (χ0v) is 7.43. The van der Waals surface area contributed by atoms with Gasteiger partial charge >= 0.3 is 6.03 Å². The van der Waals surface area contributed by atoms with Crippen molar-refractivity contribution in [3.63, 3.8) is 0 Å². The van der Waals surface area contributed by atoms with Crippen LogP contribution in [-0.2, 0) is 11.4 Å². The van der Waals surface area contributed by atoms with Gasteiger partial charge in [0.25, 0.3) is 0 Å². The highest BCUT2D eigenvalue weighted by Gasteiger charge is 2.07. The normalized spacial score (nSPS) is 9.62. The van der Waals surface area contributed by atoms with E-state index in [0.29, 0.717) is 6.54 Å². The second-order valence-electron chi connectivity index (χ2n) is 2.54. The Morgan fingerprint density at radius 2 is 2.08 bits per heavy atom. The van der Waals surface area contributed by atoms with Crippen molar-refractivity contribution < 1.29 is 9.63 Å². The van der Waals surface area contributed by atoms with Gasteiger partial charge < -0.3 is 5.73 Å². The molecule has 1 rings (SSSR count). The Kier molecular flexibility index (Phi) is 3.28. The second kappa shape index (κ2) is 4.47. The molecular formula is C9H12N2O2. The number of hydrogen-bond donors (Lipinski definition) is 1. The number of urea groups is 1.